The van der Waals surface area contributed by atoms with Gasteiger partial charge in [0, 0.05) is 36.5 Å². The first-order chi connectivity index (χ1) is 10.9. The predicted molar refractivity (Wildman–Crippen MR) is 92.9 cm³/mol. The van der Waals surface area contributed by atoms with Crippen molar-refractivity contribution in [3.63, 3.8) is 0 Å². The summed E-state index contributed by atoms with van der Waals surface area (Å²) in [7, 11) is 0. The second-order valence-corrected chi connectivity index (χ2v) is 8.74. The van der Waals surface area contributed by atoms with E-state index >= 15 is 0 Å². The van der Waals surface area contributed by atoms with E-state index in [2.05, 4.69) is 6.07 Å². The van der Waals surface area contributed by atoms with Crippen molar-refractivity contribution in [2.45, 2.75) is 46.5 Å². The fourth-order valence-corrected chi connectivity index (χ4v) is 4.56. The van der Waals surface area contributed by atoms with Gasteiger partial charge in [-0.1, -0.05) is 20.8 Å². The highest BCUT2D eigenvalue weighted by atomic mass is 32.1. The Labute approximate surface area is 142 Å². The Morgan fingerprint density at radius 3 is 2.22 bits per heavy atom. The number of nitrogens with zero attached hydrogens (tertiary/aromatic N) is 2. The minimum absolute atomic E-state index is 0.146. The van der Waals surface area contributed by atoms with Gasteiger partial charge in [0.2, 0.25) is 5.91 Å². The van der Waals surface area contributed by atoms with Crippen LogP contribution < -0.4 is 0 Å². The molecule has 0 radical (unpaired) electrons. The summed E-state index contributed by atoms with van der Waals surface area (Å²) in [4.78, 5) is 31.1. The van der Waals surface area contributed by atoms with E-state index in [9.17, 15) is 9.59 Å². The first-order valence-corrected chi connectivity index (χ1v) is 9.38. The minimum atomic E-state index is -0.348. The fourth-order valence-electron chi connectivity index (χ4n) is 3.34. The maximum atomic E-state index is 12.7. The van der Waals surface area contributed by atoms with Crippen molar-refractivity contribution in [1.29, 1.82) is 0 Å². The van der Waals surface area contributed by atoms with E-state index < -0.39 is 0 Å². The van der Waals surface area contributed by atoms with E-state index in [0.717, 1.165) is 17.7 Å². The molecule has 0 atom stereocenters. The topological polar surface area (TPSA) is 40.6 Å². The van der Waals surface area contributed by atoms with Crippen LogP contribution in [0.15, 0.2) is 6.07 Å². The van der Waals surface area contributed by atoms with Gasteiger partial charge in [-0.2, -0.15) is 0 Å². The zero-order valence-corrected chi connectivity index (χ0v) is 15.2. The number of hydrogen-bond donors (Lipinski definition) is 0. The molecule has 1 fully saturated rings. The van der Waals surface area contributed by atoms with Gasteiger partial charge in [-0.25, -0.2) is 0 Å². The van der Waals surface area contributed by atoms with Crippen LogP contribution in [-0.4, -0.2) is 47.8 Å². The summed E-state index contributed by atoms with van der Waals surface area (Å²) in [5.41, 5.74) is 1.03. The molecule has 0 unspecified atom stereocenters. The molecule has 0 aromatic carbocycles. The van der Waals surface area contributed by atoms with E-state index in [1.54, 1.807) is 11.3 Å². The third-order valence-corrected chi connectivity index (χ3v) is 5.93. The van der Waals surface area contributed by atoms with Gasteiger partial charge < -0.3 is 9.80 Å². The molecule has 2 heterocycles. The summed E-state index contributed by atoms with van der Waals surface area (Å²) in [5, 5.41) is 0. The molecule has 23 heavy (non-hydrogen) atoms. The zero-order valence-electron chi connectivity index (χ0n) is 14.4. The highest BCUT2D eigenvalue weighted by Gasteiger charge is 2.31. The average Bonchev–Trinajstić information content (AvgIpc) is 2.96. The number of thiophene rings is 1. The van der Waals surface area contributed by atoms with Crippen LogP contribution >= 0.6 is 11.3 Å². The zero-order chi connectivity index (χ0) is 16.6. The van der Waals surface area contributed by atoms with Crippen LogP contribution in [0.4, 0.5) is 0 Å². The lowest BCUT2D eigenvalue weighted by Gasteiger charge is -2.37. The Kier molecular flexibility index (Phi) is 4.50. The van der Waals surface area contributed by atoms with Crippen molar-refractivity contribution < 1.29 is 9.59 Å². The molecule has 1 aliphatic carbocycles. The van der Waals surface area contributed by atoms with Gasteiger partial charge in [-0.05, 0) is 37.3 Å². The number of hydrogen-bond acceptors (Lipinski definition) is 3. The lowest BCUT2D eigenvalue weighted by Crippen LogP contribution is -2.52. The number of carbonyl (C=O) groups is 2. The van der Waals surface area contributed by atoms with Crippen LogP contribution in [0.1, 0.15) is 53.7 Å². The Balaban J connectivity index is 1.62. The van der Waals surface area contributed by atoms with Crippen molar-refractivity contribution >= 4 is 23.2 Å². The van der Waals surface area contributed by atoms with Crippen molar-refractivity contribution in [3.8, 4) is 0 Å². The summed E-state index contributed by atoms with van der Waals surface area (Å²) in [6, 6.07) is 2.11. The highest BCUT2D eigenvalue weighted by molar-refractivity contribution is 7.14. The summed E-state index contributed by atoms with van der Waals surface area (Å²) in [6.07, 6.45) is 4.73. The van der Waals surface area contributed by atoms with Crippen molar-refractivity contribution in [2.75, 3.05) is 26.2 Å². The molecule has 4 nitrogen and oxygen atoms in total. The molecule has 0 spiro atoms. The van der Waals surface area contributed by atoms with E-state index in [0.29, 0.717) is 26.2 Å². The standard InChI is InChI=1S/C18H26N2O2S/c1-18(2,3)17(22)20-10-8-19(9-11-20)16(21)15-12-13-6-4-5-7-14(13)23-15/h12H,4-11H2,1-3H3. The Bertz CT molecular complexity index is 584. The maximum absolute atomic E-state index is 12.7. The normalized spacial score (nSPS) is 18.7. The Morgan fingerprint density at radius 2 is 1.61 bits per heavy atom. The largest absolute Gasteiger partial charge is 0.339 e. The van der Waals surface area contributed by atoms with Crippen molar-refractivity contribution in [1.82, 2.24) is 9.80 Å². The fraction of sp³-hybridized carbons (Fsp3) is 0.667. The number of rotatable bonds is 1. The van der Waals surface area contributed by atoms with Crippen LogP contribution in [0.5, 0.6) is 0 Å². The first kappa shape index (κ1) is 16.5. The molecule has 1 aromatic rings. The first-order valence-electron chi connectivity index (χ1n) is 8.56. The number of piperazine rings is 1. The van der Waals surface area contributed by atoms with Gasteiger partial charge in [0.25, 0.3) is 5.91 Å². The highest BCUT2D eigenvalue weighted by Crippen LogP contribution is 2.30. The number of aryl methyl sites for hydroxylation is 2. The summed E-state index contributed by atoms with van der Waals surface area (Å²) < 4.78 is 0. The van der Waals surface area contributed by atoms with E-state index in [-0.39, 0.29) is 17.2 Å². The van der Waals surface area contributed by atoms with E-state index in [1.165, 1.54) is 23.3 Å². The van der Waals surface area contributed by atoms with Crippen LogP contribution in [0.2, 0.25) is 0 Å². The molecule has 5 heteroatoms. The Morgan fingerprint density at radius 1 is 1.00 bits per heavy atom. The average molecular weight is 334 g/mol. The van der Waals surface area contributed by atoms with Gasteiger partial charge in [-0.3, -0.25) is 9.59 Å². The second kappa shape index (κ2) is 6.27. The Hall–Kier alpha value is -1.36. The number of carbonyl (C=O) groups excluding carboxylic acids is 2. The molecule has 0 N–H and O–H groups in total. The van der Waals surface area contributed by atoms with E-state index in [1.807, 2.05) is 30.6 Å². The van der Waals surface area contributed by atoms with Gasteiger partial charge in [0.05, 0.1) is 4.88 Å². The van der Waals surface area contributed by atoms with Crippen LogP contribution in [0.25, 0.3) is 0 Å². The molecule has 2 amide bonds. The quantitative estimate of drug-likeness (QED) is 0.792. The second-order valence-electron chi connectivity index (χ2n) is 7.60. The van der Waals surface area contributed by atoms with Gasteiger partial charge in [0.15, 0.2) is 0 Å². The number of fused-ring (bicyclic) bond motifs is 1. The molecule has 1 aliphatic heterocycles. The molecular weight excluding hydrogens is 308 g/mol. The lowest BCUT2D eigenvalue weighted by molar-refractivity contribution is -0.140. The van der Waals surface area contributed by atoms with Gasteiger partial charge in [-0.15, -0.1) is 11.3 Å². The maximum Gasteiger partial charge on any atom is 0.264 e. The smallest absolute Gasteiger partial charge is 0.264 e. The van der Waals surface area contributed by atoms with Gasteiger partial charge >= 0.3 is 0 Å². The molecule has 1 saturated heterocycles. The molecule has 126 valence electrons. The number of amides is 2. The van der Waals surface area contributed by atoms with E-state index in [4.69, 9.17) is 0 Å². The molecular formula is C18H26N2O2S. The molecule has 0 saturated carbocycles. The predicted octanol–water partition coefficient (Wildman–Crippen LogP) is 2.96. The monoisotopic (exact) mass is 334 g/mol. The minimum Gasteiger partial charge on any atom is -0.339 e. The molecule has 1 aromatic heterocycles. The van der Waals surface area contributed by atoms with Crippen LogP contribution in [-0.2, 0) is 17.6 Å². The van der Waals surface area contributed by atoms with Crippen LogP contribution in [0.3, 0.4) is 0 Å². The SMILES string of the molecule is CC(C)(C)C(=O)N1CCN(C(=O)c2cc3c(s2)CCCC3)CC1. The molecule has 3 rings (SSSR count). The van der Waals surface area contributed by atoms with Crippen molar-refractivity contribution in [2.24, 2.45) is 5.41 Å². The lowest BCUT2D eigenvalue weighted by atomic mass is 9.94. The summed E-state index contributed by atoms with van der Waals surface area (Å²) >= 11 is 1.68. The van der Waals surface area contributed by atoms with Gasteiger partial charge in [0.1, 0.15) is 0 Å². The third kappa shape index (κ3) is 3.44. The van der Waals surface area contributed by atoms with Crippen molar-refractivity contribution in [3.05, 3.63) is 21.4 Å². The third-order valence-electron chi connectivity index (χ3n) is 4.70. The summed E-state index contributed by atoms with van der Waals surface area (Å²) in [6.45, 7) is 8.42. The molecule has 2 aliphatic rings. The summed E-state index contributed by atoms with van der Waals surface area (Å²) in [5.74, 6) is 0.323. The molecule has 0 bridgehead atoms. The van der Waals surface area contributed by atoms with Crippen LogP contribution in [0, 0.1) is 5.41 Å².